The molecule has 39 heavy (non-hydrogen) atoms. The van der Waals surface area contributed by atoms with Crippen molar-refractivity contribution in [1.82, 2.24) is 19.9 Å². The van der Waals surface area contributed by atoms with Crippen LogP contribution < -0.4 is 15.8 Å². The van der Waals surface area contributed by atoms with Crippen molar-refractivity contribution in [1.29, 1.82) is 0 Å². The Kier molecular flexibility index (Phi) is 6.68. The van der Waals surface area contributed by atoms with Crippen molar-refractivity contribution in [3.8, 4) is 5.88 Å². The number of hydrogen-bond acceptors (Lipinski definition) is 10. The van der Waals surface area contributed by atoms with Crippen LogP contribution in [-0.4, -0.2) is 70.2 Å². The summed E-state index contributed by atoms with van der Waals surface area (Å²) in [5, 5.41) is 4.83. The molecule has 0 saturated carbocycles. The minimum atomic E-state index is -0.673. The zero-order valence-corrected chi connectivity index (χ0v) is 23.1. The van der Waals surface area contributed by atoms with Gasteiger partial charge in [-0.25, -0.2) is 19.7 Å². The Hall–Kier alpha value is -3.83. The van der Waals surface area contributed by atoms with Crippen molar-refractivity contribution in [3.63, 3.8) is 0 Å². The van der Waals surface area contributed by atoms with E-state index in [1.807, 2.05) is 40.7 Å². The molecule has 11 heteroatoms. The smallest absolute Gasteiger partial charge is 0.340 e. The number of nitrogens with one attached hydrogen (secondary N) is 1. The fraction of sp³-hybridized carbons (Fsp3) is 0.464. The summed E-state index contributed by atoms with van der Waals surface area (Å²) in [6.07, 6.45) is 3.25. The van der Waals surface area contributed by atoms with Crippen LogP contribution in [0.25, 0.3) is 10.8 Å². The number of cyclic esters (lactones) is 1. The minimum Gasteiger partial charge on any atom is -0.470 e. The molecule has 1 saturated heterocycles. The SMILES string of the molecule is COCC(=O)N1CC(Oc2ncc(C(C)(C)N)c3cc(Nc4ccc5c(n4)[C@@H](C)C(C)(C)OC5=O)ncc23)C1. The van der Waals surface area contributed by atoms with Crippen LogP contribution in [0.2, 0.25) is 0 Å². The van der Waals surface area contributed by atoms with Crippen LogP contribution in [0.15, 0.2) is 30.6 Å². The molecule has 2 aliphatic rings. The van der Waals surface area contributed by atoms with Crippen LogP contribution in [0, 0.1) is 0 Å². The molecule has 0 bridgehead atoms. The molecule has 0 radical (unpaired) electrons. The lowest BCUT2D eigenvalue weighted by Crippen LogP contribution is -2.57. The zero-order valence-electron chi connectivity index (χ0n) is 23.1. The first-order valence-electron chi connectivity index (χ1n) is 12.9. The molecule has 206 valence electrons. The van der Waals surface area contributed by atoms with Crippen LogP contribution >= 0.6 is 0 Å². The normalized spacial score (nSPS) is 18.8. The number of likely N-dealkylation sites (tertiary alicyclic amines) is 1. The van der Waals surface area contributed by atoms with Gasteiger partial charge in [0.2, 0.25) is 11.8 Å². The lowest BCUT2D eigenvalue weighted by molar-refractivity contribution is -0.144. The van der Waals surface area contributed by atoms with E-state index in [4.69, 9.17) is 24.9 Å². The number of aromatic nitrogens is 3. The first-order valence-corrected chi connectivity index (χ1v) is 12.9. The standard InChI is InChI=1S/C28H34N6O5/c1-15-24-17(26(36)39-28(15,4)5)7-8-21(33-24)32-22-9-18-19(10-30-22)25(31-11-20(18)27(2,3)29)38-16-12-34(13-16)23(35)14-37-6/h7-11,15-16H,12-14,29H2,1-6H3,(H,30,32,33)/t15-/m1/s1. The third-order valence-corrected chi connectivity index (χ3v) is 7.39. The fourth-order valence-corrected chi connectivity index (χ4v) is 4.77. The van der Waals surface area contributed by atoms with Crippen LogP contribution in [-0.2, 0) is 19.8 Å². The van der Waals surface area contributed by atoms with Gasteiger partial charge in [0.05, 0.1) is 29.7 Å². The third kappa shape index (κ3) is 5.11. The Labute approximate surface area is 227 Å². The molecular weight excluding hydrogens is 500 g/mol. The molecule has 11 nitrogen and oxygen atoms in total. The number of amides is 1. The molecule has 5 rings (SSSR count). The van der Waals surface area contributed by atoms with Crippen molar-refractivity contribution in [2.24, 2.45) is 5.73 Å². The second kappa shape index (κ2) is 9.73. The first kappa shape index (κ1) is 26.8. The van der Waals surface area contributed by atoms with E-state index >= 15 is 0 Å². The highest BCUT2D eigenvalue weighted by Crippen LogP contribution is 2.38. The van der Waals surface area contributed by atoms with Gasteiger partial charge in [0, 0.05) is 31.0 Å². The molecule has 0 spiro atoms. The highest BCUT2D eigenvalue weighted by molar-refractivity contribution is 5.93. The predicted octanol–water partition coefficient (Wildman–Crippen LogP) is 3.25. The van der Waals surface area contributed by atoms with E-state index in [1.165, 1.54) is 7.11 Å². The molecule has 2 aliphatic heterocycles. The van der Waals surface area contributed by atoms with Crippen molar-refractivity contribution in [2.45, 2.75) is 57.8 Å². The van der Waals surface area contributed by atoms with Crippen LogP contribution in [0.4, 0.5) is 11.6 Å². The number of hydrogen-bond donors (Lipinski definition) is 2. The van der Waals surface area contributed by atoms with Gasteiger partial charge in [-0.15, -0.1) is 0 Å². The number of anilines is 2. The number of esters is 1. The van der Waals surface area contributed by atoms with Gasteiger partial charge < -0.3 is 30.2 Å². The first-order chi connectivity index (χ1) is 18.4. The Balaban J connectivity index is 1.43. The summed E-state index contributed by atoms with van der Waals surface area (Å²) in [7, 11) is 1.50. The third-order valence-electron chi connectivity index (χ3n) is 7.39. The van der Waals surface area contributed by atoms with Crippen LogP contribution in [0.5, 0.6) is 5.88 Å². The molecule has 5 heterocycles. The molecule has 0 aromatic carbocycles. The van der Waals surface area contributed by atoms with Crippen molar-refractivity contribution >= 4 is 34.3 Å². The van der Waals surface area contributed by atoms with Crippen molar-refractivity contribution in [3.05, 3.63) is 47.4 Å². The monoisotopic (exact) mass is 534 g/mol. The maximum absolute atomic E-state index is 12.5. The summed E-state index contributed by atoms with van der Waals surface area (Å²) >= 11 is 0. The van der Waals surface area contributed by atoms with E-state index in [-0.39, 0.29) is 30.5 Å². The number of nitrogens with two attached hydrogens (primary N) is 1. The van der Waals surface area contributed by atoms with E-state index < -0.39 is 11.1 Å². The van der Waals surface area contributed by atoms with Gasteiger partial charge in [0.15, 0.2) is 0 Å². The minimum absolute atomic E-state index is 0.0493. The zero-order chi connectivity index (χ0) is 28.1. The average molecular weight is 535 g/mol. The summed E-state index contributed by atoms with van der Waals surface area (Å²) in [6, 6.07) is 5.36. The van der Waals surface area contributed by atoms with E-state index in [1.54, 1.807) is 29.4 Å². The van der Waals surface area contributed by atoms with Gasteiger partial charge >= 0.3 is 5.97 Å². The lowest BCUT2D eigenvalue weighted by atomic mass is 9.84. The number of carbonyl (C=O) groups excluding carboxylic acids is 2. The molecule has 3 aromatic heterocycles. The molecule has 1 fully saturated rings. The Morgan fingerprint density at radius 2 is 1.95 bits per heavy atom. The molecule has 3 N–H and O–H groups in total. The molecule has 1 atom stereocenters. The summed E-state index contributed by atoms with van der Waals surface area (Å²) < 4.78 is 16.6. The van der Waals surface area contributed by atoms with Gasteiger partial charge in [-0.1, -0.05) is 6.92 Å². The lowest BCUT2D eigenvalue weighted by Gasteiger charge is -2.38. The van der Waals surface area contributed by atoms with Gasteiger partial charge in [-0.2, -0.15) is 0 Å². The largest absolute Gasteiger partial charge is 0.470 e. The van der Waals surface area contributed by atoms with Gasteiger partial charge in [0.25, 0.3) is 0 Å². The van der Waals surface area contributed by atoms with Gasteiger partial charge in [0.1, 0.15) is 29.9 Å². The summed E-state index contributed by atoms with van der Waals surface area (Å²) in [5.74, 6) is 1.03. The average Bonchev–Trinajstić information content (AvgIpc) is 2.83. The maximum Gasteiger partial charge on any atom is 0.340 e. The number of ether oxygens (including phenoxy) is 3. The highest BCUT2D eigenvalue weighted by Gasteiger charge is 2.40. The van der Waals surface area contributed by atoms with Crippen molar-refractivity contribution < 1.29 is 23.8 Å². The highest BCUT2D eigenvalue weighted by atomic mass is 16.6. The summed E-state index contributed by atoms with van der Waals surface area (Å²) in [5.41, 5.74) is 7.15. The van der Waals surface area contributed by atoms with Crippen molar-refractivity contribution in [2.75, 3.05) is 32.1 Å². The molecule has 0 unspecified atom stereocenters. The number of nitrogens with zero attached hydrogens (tertiary/aromatic N) is 4. The molecule has 0 aliphatic carbocycles. The molecular formula is C28H34N6O5. The van der Waals surface area contributed by atoms with Gasteiger partial charge in [-0.3, -0.25) is 4.79 Å². The quantitative estimate of drug-likeness (QED) is 0.434. The molecule has 3 aromatic rings. The van der Waals surface area contributed by atoms with Crippen LogP contribution in [0.3, 0.4) is 0 Å². The molecule has 1 amide bonds. The number of rotatable bonds is 7. The Morgan fingerprint density at radius 3 is 2.64 bits per heavy atom. The number of carbonyl (C=O) groups is 2. The Bertz CT molecular complexity index is 1440. The van der Waals surface area contributed by atoms with E-state index in [9.17, 15) is 9.59 Å². The fourth-order valence-electron chi connectivity index (χ4n) is 4.77. The Morgan fingerprint density at radius 1 is 1.21 bits per heavy atom. The maximum atomic E-state index is 12.5. The summed E-state index contributed by atoms with van der Waals surface area (Å²) in [4.78, 5) is 40.0. The van der Waals surface area contributed by atoms with Gasteiger partial charge in [-0.05, 0) is 56.8 Å². The number of methoxy groups -OCH3 is 1. The second-order valence-corrected chi connectivity index (χ2v) is 11.3. The number of fused-ring (bicyclic) bond motifs is 2. The van der Waals surface area contributed by atoms with E-state index in [0.29, 0.717) is 41.9 Å². The summed E-state index contributed by atoms with van der Waals surface area (Å²) in [6.45, 7) is 10.6. The predicted molar refractivity (Wildman–Crippen MR) is 145 cm³/mol. The van der Waals surface area contributed by atoms with E-state index in [2.05, 4.69) is 15.3 Å². The second-order valence-electron chi connectivity index (χ2n) is 11.3. The topological polar surface area (TPSA) is 142 Å². The van der Waals surface area contributed by atoms with Crippen LogP contribution in [0.1, 0.15) is 62.2 Å². The number of pyridine rings is 3. The van der Waals surface area contributed by atoms with E-state index in [0.717, 1.165) is 16.3 Å².